The van der Waals surface area contributed by atoms with Gasteiger partial charge in [-0.1, -0.05) is 18.9 Å². The highest BCUT2D eigenvalue weighted by Gasteiger charge is 2.45. The maximum absolute atomic E-state index is 11.3. The van der Waals surface area contributed by atoms with Crippen molar-refractivity contribution in [3.05, 3.63) is 58.7 Å². The predicted octanol–water partition coefficient (Wildman–Crippen LogP) is 5.20. The van der Waals surface area contributed by atoms with Crippen LogP contribution in [0.5, 0.6) is 34.5 Å². The number of phenols is 2. The van der Waals surface area contributed by atoms with Crippen molar-refractivity contribution >= 4 is 0 Å². The molecule has 1 saturated carbocycles. The molecule has 1 spiro atoms. The van der Waals surface area contributed by atoms with E-state index >= 15 is 0 Å². The van der Waals surface area contributed by atoms with Gasteiger partial charge in [0.25, 0.3) is 0 Å². The van der Waals surface area contributed by atoms with Crippen LogP contribution >= 0.6 is 0 Å². The van der Waals surface area contributed by atoms with Gasteiger partial charge >= 0.3 is 0 Å². The molecule has 1 fully saturated rings. The third kappa shape index (κ3) is 3.59. The molecule has 3 N–H and O–H groups in total. The number of phenolic OH excluding ortho intramolecular Hbond substituents is 2. The fourth-order valence-corrected chi connectivity index (χ4v) is 6.73. The Morgan fingerprint density at radius 3 is 2.19 bits per heavy atom. The average molecular weight is 505 g/mol. The minimum Gasteiger partial charge on any atom is -0.508 e. The first-order chi connectivity index (χ1) is 17.9. The van der Waals surface area contributed by atoms with E-state index in [2.05, 4.69) is 0 Å². The van der Waals surface area contributed by atoms with Gasteiger partial charge in [0, 0.05) is 34.6 Å². The molecule has 2 atom stereocenters. The van der Waals surface area contributed by atoms with E-state index in [9.17, 15) is 15.3 Å². The summed E-state index contributed by atoms with van der Waals surface area (Å²) < 4.78 is 23.0. The van der Waals surface area contributed by atoms with Crippen molar-refractivity contribution in [2.45, 2.75) is 56.1 Å². The van der Waals surface area contributed by atoms with E-state index in [0.29, 0.717) is 23.5 Å². The summed E-state index contributed by atoms with van der Waals surface area (Å²) in [7, 11) is 4.60. The summed E-state index contributed by atoms with van der Waals surface area (Å²) in [6.07, 6.45) is 4.19. The Hall–Kier alpha value is -3.58. The minimum atomic E-state index is -0.815. The van der Waals surface area contributed by atoms with Gasteiger partial charge in [-0.2, -0.15) is 0 Å². The molecule has 3 aromatic rings. The number of hydrogen-bond acceptors (Lipinski definition) is 7. The van der Waals surface area contributed by atoms with E-state index in [4.69, 9.17) is 18.9 Å². The van der Waals surface area contributed by atoms with Crippen LogP contribution in [0.1, 0.15) is 54.0 Å². The maximum atomic E-state index is 11.3. The van der Waals surface area contributed by atoms with Gasteiger partial charge < -0.3 is 34.3 Å². The molecule has 3 aromatic carbocycles. The number of hydrogen-bond donors (Lipinski definition) is 3. The zero-order chi connectivity index (χ0) is 25.9. The minimum absolute atomic E-state index is 0.0410. The van der Waals surface area contributed by atoms with E-state index in [-0.39, 0.29) is 28.4 Å². The van der Waals surface area contributed by atoms with E-state index in [1.54, 1.807) is 25.3 Å². The van der Waals surface area contributed by atoms with Crippen LogP contribution in [-0.2, 0) is 18.3 Å². The van der Waals surface area contributed by atoms with Crippen LogP contribution in [-0.4, -0.2) is 42.8 Å². The number of rotatable bonds is 4. The summed E-state index contributed by atoms with van der Waals surface area (Å²) >= 11 is 0. The number of aliphatic hydroxyl groups excluding tert-OH is 1. The quantitative estimate of drug-likeness (QED) is 0.450. The van der Waals surface area contributed by atoms with Gasteiger partial charge in [-0.15, -0.1) is 0 Å². The molecular weight excluding hydrogens is 472 g/mol. The zero-order valence-corrected chi connectivity index (χ0v) is 21.3. The molecule has 0 unspecified atom stereocenters. The van der Waals surface area contributed by atoms with Crippen molar-refractivity contribution in [3.63, 3.8) is 0 Å². The first-order valence-electron chi connectivity index (χ1n) is 12.8. The van der Waals surface area contributed by atoms with Crippen molar-refractivity contribution < 1.29 is 34.3 Å². The van der Waals surface area contributed by atoms with E-state index < -0.39 is 12.2 Å². The third-order valence-electron chi connectivity index (χ3n) is 8.46. The van der Waals surface area contributed by atoms with Gasteiger partial charge in [0.05, 0.1) is 27.4 Å². The Morgan fingerprint density at radius 2 is 1.54 bits per heavy atom. The van der Waals surface area contributed by atoms with Crippen LogP contribution in [0.4, 0.5) is 0 Å². The molecule has 0 radical (unpaired) electrons. The normalized spacial score (nSPS) is 21.0. The molecule has 1 aliphatic heterocycles. The monoisotopic (exact) mass is 504 g/mol. The molecule has 194 valence electrons. The van der Waals surface area contributed by atoms with Gasteiger partial charge in [-0.3, -0.25) is 0 Å². The van der Waals surface area contributed by atoms with Gasteiger partial charge in [0.15, 0.2) is 17.6 Å². The maximum Gasteiger partial charge on any atom is 0.200 e. The van der Waals surface area contributed by atoms with Gasteiger partial charge in [0.1, 0.15) is 17.2 Å². The Bertz CT molecular complexity index is 1350. The molecule has 7 heteroatoms. The lowest BCUT2D eigenvalue weighted by molar-refractivity contribution is 0.0200. The van der Waals surface area contributed by atoms with Crippen molar-refractivity contribution in [2.75, 3.05) is 21.3 Å². The summed E-state index contributed by atoms with van der Waals surface area (Å²) in [6.45, 7) is 0. The van der Waals surface area contributed by atoms with Gasteiger partial charge in [0.2, 0.25) is 5.75 Å². The Labute approximate surface area is 216 Å². The number of ether oxygens (including phenoxy) is 4. The number of methoxy groups -OCH3 is 3. The molecule has 2 aliphatic carbocycles. The smallest absolute Gasteiger partial charge is 0.200 e. The first-order valence-corrected chi connectivity index (χ1v) is 12.8. The van der Waals surface area contributed by atoms with E-state index in [0.717, 1.165) is 54.4 Å². The second-order valence-corrected chi connectivity index (χ2v) is 10.4. The summed E-state index contributed by atoms with van der Waals surface area (Å²) in [4.78, 5) is 0. The standard InChI is InChI=1S/C30H32O7/c1-34-24-14-23-19(13-22(32)29(37-23)16-10-25(35-2)28(33)26(11-16)36-3)20-15-30(8-4-5-9-30)21-12-17(31)6-7-18(21)27(20)24/h6-7,10-12,14,22,29,31-33H,4-5,8-9,13,15H2,1-3H3/t22-,29-/m1/s1. The molecule has 7 nitrogen and oxygen atoms in total. The molecule has 0 amide bonds. The summed E-state index contributed by atoms with van der Waals surface area (Å²) in [5, 5.41) is 32.0. The lowest BCUT2D eigenvalue weighted by atomic mass is 9.65. The lowest BCUT2D eigenvalue weighted by Crippen LogP contribution is -2.34. The molecule has 37 heavy (non-hydrogen) atoms. The second kappa shape index (κ2) is 8.77. The van der Waals surface area contributed by atoms with E-state index in [1.807, 2.05) is 18.2 Å². The second-order valence-electron chi connectivity index (χ2n) is 10.4. The highest BCUT2D eigenvalue weighted by atomic mass is 16.5. The van der Waals surface area contributed by atoms with Crippen LogP contribution in [0.15, 0.2) is 36.4 Å². The summed E-state index contributed by atoms with van der Waals surface area (Å²) in [5.41, 5.74) is 6.07. The predicted molar refractivity (Wildman–Crippen MR) is 138 cm³/mol. The van der Waals surface area contributed by atoms with Crippen molar-refractivity contribution in [3.8, 4) is 45.6 Å². The molecule has 0 saturated heterocycles. The van der Waals surface area contributed by atoms with E-state index in [1.165, 1.54) is 19.8 Å². The molecule has 3 aliphatic rings. The number of aromatic hydroxyl groups is 2. The van der Waals surface area contributed by atoms with Crippen LogP contribution in [0.3, 0.4) is 0 Å². The molecule has 1 heterocycles. The topological polar surface area (TPSA) is 97.6 Å². The number of aliphatic hydroxyl groups is 1. The molecular formula is C30H32O7. The van der Waals surface area contributed by atoms with Crippen molar-refractivity contribution in [1.82, 2.24) is 0 Å². The van der Waals surface area contributed by atoms with Crippen LogP contribution < -0.4 is 18.9 Å². The van der Waals surface area contributed by atoms with Gasteiger partial charge in [-0.05, 0) is 60.2 Å². The Balaban J connectivity index is 1.50. The molecule has 0 aromatic heterocycles. The zero-order valence-electron chi connectivity index (χ0n) is 21.3. The fraction of sp³-hybridized carbons (Fsp3) is 0.400. The molecule has 6 rings (SSSR count). The SMILES string of the molecule is COc1cc([C@H]2Oc3cc(OC)c4c(c3C[C@H]2O)CC2(CCCC2)c2cc(O)ccc2-4)cc(OC)c1O. The average Bonchev–Trinajstić information content (AvgIpc) is 3.37. The Morgan fingerprint density at radius 1 is 0.865 bits per heavy atom. The van der Waals surface area contributed by atoms with Crippen LogP contribution in [0.2, 0.25) is 0 Å². The van der Waals surface area contributed by atoms with Crippen molar-refractivity contribution in [1.29, 1.82) is 0 Å². The largest absolute Gasteiger partial charge is 0.508 e. The number of fused-ring (bicyclic) bond motifs is 6. The van der Waals surface area contributed by atoms with Crippen LogP contribution in [0.25, 0.3) is 11.1 Å². The number of benzene rings is 3. The first kappa shape index (κ1) is 23.8. The summed E-state index contributed by atoms with van der Waals surface area (Å²) in [5.74, 6) is 2.09. The third-order valence-corrected chi connectivity index (χ3v) is 8.46. The lowest BCUT2D eigenvalue weighted by Gasteiger charge is -2.41. The highest BCUT2D eigenvalue weighted by Crippen LogP contribution is 2.57. The van der Waals surface area contributed by atoms with Gasteiger partial charge in [-0.25, -0.2) is 0 Å². The van der Waals surface area contributed by atoms with Crippen LogP contribution in [0, 0.1) is 0 Å². The fourth-order valence-electron chi connectivity index (χ4n) is 6.73. The Kier molecular flexibility index (Phi) is 5.64. The highest BCUT2D eigenvalue weighted by molar-refractivity contribution is 5.83. The summed E-state index contributed by atoms with van der Waals surface area (Å²) in [6, 6.07) is 10.9. The molecule has 0 bridgehead atoms. The van der Waals surface area contributed by atoms with Crippen molar-refractivity contribution in [2.24, 2.45) is 0 Å².